The summed E-state index contributed by atoms with van der Waals surface area (Å²) in [5.41, 5.74) is 0. The summed E-state index contributed by atoms with van der Waals surface area (Å²) in [6.07, 6.45) is 2.60. The van der Waals surface area contributed by atoms with Gasteiger partial charge in [0.1, 0.15) is 0 Å². The Morgan fingerprint density at radius 1 is 1.67 bits per heavy atom. The number of likely N-dealkylation sites (N-methyl/N-ethyl adjacent to an activating group) is 1. The lowest BCUT2D eigenvalue weighted by atomic mass is 10.1. The standard InChI is InChI=1S/C12H18BrNS/c1-3-14-12(11-4-8(11)2)6-10-5-9(13)7-15-10/h5,7-8,11-12,14H,3-4,6H2,1-2H3. The SMILES string of the molecule is CCNC(Cc1cc(Br)cs1)C1CC1C. The van der Waals surface area contributed by atoms with Gasteiger partial charge in [0.05, 0.1) is 0 Å². The Labute approximate surface area is 104 Å². The zero-order valence-electron chi connectivity index (χ0n) is 9.29. The number of thiophene rings is 1. The van der Waals surface area contributed by atoms with Crippen LogP contribution in [0.3, 0.4) is 0 Å². The van der Waals surface area contributed by atoms with Crippen LogP contribution in [0, 0.1) is 11.8 Å². The van der Waals surface area contributed by atoms with Crippen molar-refractivity contribution in [2.45, 2.75) is 32.7 Å². The second-order valence-corrected chi connectivity index (χ2v) is 6.39. The zero-order valence-corrected chi connectivity index (χ0v) is 11.7. The van der Waals surface area contributed by atoms with Crippen molar-refractivity contribution in [3.8, 4) is 0 Å². The fraction of sp³-hybridized carbons (Fsp3) is 0.667. The van der Waals surface area contributed by atoms with Crippen LogP contribution in [-0.2, 0) is 6.42 Å². The van der Waals surface area contributed by atoms with E-state index in [-0.39, 0.29) is 0 Å². The molecule has 1 nitrogen and oxygen atoms in total. The normalized spacial score (nSPS) is 26.6. The lowest BCUT2D eigenvalue weighted by Gasteiger charge is -2.16. The first-order chi connectivity index (χ1) is 7.20. The topological polar surface area (TPSA) is 12.0 Å². The van der Waals surface area contributed by atoms with E-state index < -0.39 is 0 Å². The summed E-state index contributed by atoms with van der Waals surface area (Å²) in [6, 6.07) is 2.94. The monoisotopic (exact) mass is 287 g/mol. The summed E-state index contributed by atoms with van der Waals surface area (Å²) >= 11 is 5.38. The molecule has 1 aromatic rings. The summed E-state index contributed by atoms with van der Waals surface area (Å²) in [7, 11) is 0. The minimum Gasteiger partial charge on any atom is -0.314 e. The van der Waals surface area contributed by atoms with Crippen LogP contribution in [0.4, 0.5) is 0 Å². The molecule has 1 aromatic heterocycles. The lowest BCUT2D eigenvalue weighted by molar-refractivity contribution is 0.457. The van der Waals surface area contributed by atoms with Gasteiger partial charge in [0, 0.05) is 20.8 Å². The van der Waals surface area contributed by atoms with Gasteiger partial charge in [0.15, 0.2) is 0 Å². The number of nitrogens with one attached hydrogen (secondary N) is 1. The van der Waals surface area contributed by atoms with Crippen LogP contribution in [0.1, 0.15) is 25.1 Å². The molecule has 84 valence electrons. The van der Waals surface area contributed by atoms with Gasteiger partial charge < -0.3 is 5.32 Å². The van der Waals surface area contributed by atoms with Crippen LogP contribution in [0.2, 0.25) is 0 Å². The van der Waals surface area contributed by atoms with Gasteiger partial charge in [-0.2, -0.15) is 0 Å². The Hall–Kier alpha value is 0.140. The molecular weight excluding hydrogens is 270 g/mol. The van der Waals surface area contributed by atoms with Gasteiger partial charge in [0.25, 0.3) is 0 Å². The lowest BCUT2D eigenvalue weighted by Crippen LogP contribution is -2.33. The van der Waals surface area contributed by atoms with Gasteiger partial charge in [-0.3, -0.25) is 0 Å². The quantitative estimate of drug-likeness (QED) is 0.871. The summed E-state index contributed by atoms with van der Waals surface area (Å²) in [5.74, 6) is 1.84. The molecule has 0 aliphatic heterocycles. The summed E-state index contributed by atoms with van der Waals surface area (Å²) in [6.45, 7) is 5.64. The van der Waals surface area contributed by atoms with E-state index in [4.69, 9.17) is 0 Å². The van der Waals surface area contributed by atoms with E-state index in [1.165, 1.54) is 22.2 Å². The molecule has 0 radical (unpaired) electrons. The van der Waals surface area contributed by atoms with Crippen molar-refractivity contribution in [3.05, 3.63) is 20.8 Å². The van der Waals surface area contributed by atoms with E-state index in [0.717, 1.165) is 18.4 Å². The van der Waals surface area contributed by atoms with E-state index >= 15 is 0 Å². The zero-order chi connectivity index (χ0) is 10.8. The third-order valence-corrected chi connectivity index (χ3v) is 4.92. The van der Waals surface area contributed by atoms with E-state index in [1.807, 2.05) is 11.3 Å². The van der Waals surface area contributed by atoms with Crippen molar-refractivity contribution >= 4 is 27.3 Å². The Kier molecular flexibility index (Phi) is 3.86. The molecule has 1 fully saturated rings. The molecule has 0 amide bonds. The molecule has 0 bridgehead atoms. The number of hydrogen-bond acceptors (Lipinski definition) is 2. The highest BCUT2D eigenvalue weighted by Gasteiger charge is 2.38. The maximum atomic E-state index is 3.62. The first-order valence-corrected chi connectivity index (χ1v) is 7.34. The van der Waals surface area contributed by atoms with Crippen molar-refractivity contribution in [2.75, 3.05) is 6.54 Å². The molecule has 15 heavy (non-hydrogen) atoms. The van der Waals surface area contributed by atoms with Crippen molar-refractivity contribution in [1.82, 2.24) is 5.32 Å². The van der Waals surface area contributed by atoms with Crippen LogP contribution >= 0.6 is 27.3 Å². The van der Waals surface area contributed by atoms with Gasteiger partial charge >= 0.3 is 0 Å². The molecule has 3 heteroatoms. The molecule has 1 aliphatic rings. The molecule has 1 heterocycles. The van der Waals surface area contributed by atoms with Gasteiger partial charge in [-0.25, -0.2) is 0 Å². The molecule has 1 saturated carbocycles. The van der Waals surface area contributed by atoms with Crippen molar-refractivity contribution in [2.24, 2.45) is 11.8 Å². The van der Waals surface area contributed by atoms with E-state index in [9.17, 15) is 0 Å². The molecule has 0 saturated heterocycles. The van der Waals surface area contributed by atoms with Crippen LogP contribution in [0.5, 0.6) is 0 Å². The molecule has 0 aromatic carbocycles. The minimum absolute atomic E-state index is 0.690. The number of halogens is 1. The minimum atomic E-state index is 0.690. The second kappa shape index (κ2) is 4.98. The Balaban J connectivity index is 1.94. The molecular formula is C12H18BrNS. The summed E-state index contributed by atoms with van der Waals surface area (Å²) in [4.78, 5) is 1.49. The van der Waals surface area contributed by atoms with Crippen molar-refractivity contribution in [1.29, 1.82) is 0 Å². The molecule has 3 atom stereocenters. The number of rotatable bonds is 5. The molecule has 1 N–H and O–H groups in total. The molecule has 2 rings (SSSR count). The Bertz CT molecular complexity index is 323. The highest BCUT2D eigenvalue weighted by Crippen LogP contribution is 2.41. The largest absolute Gasteiger partial charge is 0.314 e. The predicted octanol–water partition coefficient (Wildman–Crippen LogP) is 3.69. The van der Waals surface area contributed by atoms with Crippen LogP contribution < -0.4 is 5.32 Å². The fourth-order valence-corrected chi connectivity index (χ4v) is 3.74. The Morgan fingerprint density at radius 3 is 2.87 bits per heavy atom. The van der Waals surface area contributed by atoms with Gasteiger partial charge in [-0.05, 0) is 53.2 Å². The van der Waals surface area contributed by atoms with Crippen molar-refractivity contribution < 1.29 is 0 Å². The average Bonchev–Trinajstić information content (AvgIpc) is 2.77. The van der Waals surface area contributed by atoms with Gasteiger partial charge in [0.2, 0.25) is 0 Å². The van der Waals surface area contributed by atoms with Crippen LogP contribution in [0.25, 0.3) is 0 Å². The molecule has 1 aliphatic carbocycles. The number of hydrogen-bond donors (Lipinski definition) is 1. The highest BCUT2D eigenvalue weighted by molar-refractivity contribution is 9.10. The average molecular weight is 288 g/mol. The van der Waals surface area contributed by atoms with Gasteiger partial charge in [-0.15, -0.1) is 11.3 Å². The van der Waals surface area contributed by atoms with E-state index in [0.29, 0.717) is 6.04 Å². The fourth-order valence-electron chi connectivity index (χ4n) is 2.23. The first-order valence-electron chi connectivity index (χ1n) is 5.67. The summed E-state index contributed by atoms with van der Waals surface area (Å²) < 4.78 is 1.22. The second-order valence-electron chi connectivity index (χ2n) is 4.48. The molecule has 3 unspecified atom stereocenters. The van der Waals surface area contributed by atoms with Gasteiger partial charge in [-0.1, -0.05) is 13.8 Å². The van der Waals surface area contributed by atoms with E-state index in [2.05, 4.69) is 46.5 Å². The smallest absolute Gasteiger partial charge is 0.0285 e. The van der Waals surface area contributed by atoms with Crippen LogP contribution in [-0.4, -0.2) is 12.6 Å². The maximum Gasteiger partial charge on any atom is 0.0285 e. The first kappa shape index (κ1) is 11.6. The van der Waals surface area contributed by atoms with E-state index in [1.54, 1.807) is 0 Å². The predicted molar refractivity (Wildman–Crippen MR) is 70.5 cm³/mol. The summed E-state index contributed by atoms with van der Waals surface area (Å²) in [5, 5.41) is 5.80. The molecule has 0 spiro atoms. The third-order valence-electron chi connectivity index (χ3n) is 3.20. The highest BCUT2D eigenvalue weighted by atomic mass is 79.9. The van der Waals surface area contributed by atoms with Crippen LogP contribution in [0.15, 0.2) is 15.9 Å². The maximum absolute atomic E-state index is 3.62. The third kappa shape index (κ3) is 3.05. The Morgan fingerprint density at radius 2 is 2.40 bits per heavy atom. The van der Waals surface area contributed by atoms with Crippen molar-refractivity contribution in [3.63, 3.8) is 0 Å².